The lowest BCUT2D eigenvalue weighted by Gasteiger charge is -2.26. The normalized spacial score (nSPS) is 17.1. The number of piperidine rings is 1. The Morgan fingerprint density at radius 2 is 1.96 bits per heavy atom. The molecule has 0 aromatic carbocycles. The molecule has 24 heavy (non-hydrogen) atoms. The largest absolute Gasteiger partial charge is 0.339 e. The summed E-state index contributed by atoms with van der Waals surface area (Å²) in [5.74, 6) is 0.415. The molecule has 0 bridgehead atoms. The zero-order chi connectivity index (χ0) is 16.7. The van der Waals surface area contributed by atoms with Crippen molar-refractivity contribution < 1.29 is 4.79 Å². The third-order valence-electron chi connectivity index (χ3n) is 5.01. The number of H-pyrrole nitrogens is 1. The van der Waals surface area contributed by atoms with Crippen molar-refractivity contribution in [2.75, 3.05) is 13.1 Å². The number of amides is 1. The Kier molecular flexibility index (Phi) is 3.70. The Balaban J connectivity index is 1.69. The van der Waals surface area contributed by atoms with Crippen LogP contribution in [0.3, 0.4) is 0 Å². The second-order valence-electron chi connectivity index (χ2n) is 6.58. The van der Waals surface area contributed by atoms with E-state index in [1.807, 2.05) is 11.8 Å². The first kappa shape index (κ1) is 15.1. The minimum absolute atomic E-state index is 0.0157. The van der Waals surface area contributed by atoms with Gasteiger partial charge in [-0.2, -0.15) is 5.10 Å². The van der Waals surface area contributed by atoms with Gasteiger partial charge in [0.05, 0.1) is 23.1 Å². The number of hydrogen-bond acceptors (Lipinski definition) is 4. The van der Waals surface area contributed by atoms with Crippen molar-refractivity contribution in [3.05, 3.63) is 39.1 Å². The van der Waals surface area contributed by atoms with Crippen LogP contribution < -0.4 is 5.56 Å². The molecule has 7 nitrogen and oxygen atoms in total. The highest BCUT2D eigenvalue weighted by Crippen LogP contribution is 2.19. The van der Waals surface area contributed by atoms with E-state index in [2.05, 4.69) is 15.1 Å². The summed E-state index contributed by atoms with van der Waals surface area (Å²) in [7, 11) is 0. The van der Waals surface area contributed by atoms with Crippen LogP contribution in [-0.4, -0.2) is 43.6 Å². The molecule has 3 heterocycles. The van der Waals surface area contributed by atoms with Crippen LogP contribution in [0.4, 0.5) is 0 Å². The van der Waals surface area contributed by atoms with Gasteiger partial charge in [0.1, 0.15) is 0 Å². The average molecular weight is 327 g/mol. The number of fused-ring (bicyclic) bond motifs is 1. The summed E-state index contributed by atoms with van der Waals surface area (Å²) in [6, 6.07) is 0. The lowest BCUT2D eigenvalue weighted by Crippen LogP contribution is -2.35. The Labute approximate surface area is 139 Å². The van der Waals surface area contributed by atoms with E-state index in [1.54, 1.807) is 10.9 Å². The number of nitrogens with zero attached hydrogens (tertiary/aromatic N) is 4. The number of rotatable bonds is 2. The van der Waals surface area contributed by atoms with Gasteiger partial charge < -0.3 is 4.90 Å². The number of aromatic amines is 1. The Hall–Kier alpha value is -2.44. The molecule has 1 N–H and O–H groups in total. The summed E-state index contributed by atoms with van der Waals surface area (Å²) in [6.07, 6.45) is 7.45. The molecule has 2 aliphatic rings. The van der Waals surface area contributed by atoms with Gasteiger partial charge in [0, 0.05) is 18.7 Å². The van der Waals surface area contributed by atoms with Crippen molar-refractivity contribution >= 4 is 5.91 Å². The molecule has 1 aliphatic carbocycles. The van der Waals surface area contributed by atoms with Crippen LogP contribution in [0.1, 0.15) is 53.0 Å². The Bertz CT molecular complexity index is 845. The number of carbonyl (C=O) groups is 1. The molecule has 0 saturated carbocycles. The molecule has 1 amide bonds. The van der Waals surface area contributed by atoms with E-state index < -0.39 is 0 Å². The smallest absolute Gasteiger partial charge is 0.257 e. The maximum absolute atomic E-state index is 12.7. The number of carbonyl (C=O) groups excluding carboxylic acids is 1. The standard InChI is InChI=1S/C17H21N5O2/c1-11-13(16(24)21-8-3-2-4-9-21)10-18-22(11)17-19-14-7-5-6-12(14)15(23)20-17/h10H,2-9H2,1H3,(H,19,20,23). The van der Waals surface area contributed by atoms with Crippen molar-refractivity contribution in [1.82, 2.24) is 24.6 Å². The predicted octanol–water partition coefficient (Wildman–Crippen LogP) is 1.38. The highest BCUT2D eigenvalue weighted by atomic mass is 16.2. The Morgan fingerprint density at radius 1 is 1.17 bits per heavy atom. The van der Waals surface area contributed by atoms with Gasteiger partial charge >= 0.3 is 0 Å². The van der Waals surface area contributed by atoms with Crippen molar-refractivity contribution in [3.63, 3.8) is 0 Å². The van der Waals surface area contributed by atoms with Gasteiger partial charge in [-0.15, -0.1) is 0 Å². The fraction of sp³-hybridized carbons (Fsp3) is 0.529. The molecule has 1 saturated heterocycles. The minimum atomic E-state index is -0.0914. The lowest BCUT2D eigenvalue weighted by atomic mass is 10.1. The quantitative estimate of drug-likeness (QED) is 0.903. The molecule has 2 aromatic rings. The SMILES string of the molecule is Cc1c(C(=O)N2CCCCC2)cnn1-c1nc2c(c(=O)[nH]1)CCC2. The average Bonchev–Trinajstić information content (AvgIpc) is 3.21. The van der Waals surface area contributed by atoms with E-state index in [0.717, 1.165) is 56.5 Å². The summed E-state index contributed by atoms with van der Waals surface area (Å²) in [5.41, 5.74) is 2.85. The number of aryl methyl sites for hydroxylation is 1. The van der Waals surface area contributed by atoms with Crippen molar-refractivity contribution in [3.8, 4) is 5.95 Å². The molecule has 1 fully saturated rings. The number of likely N-dealkylation sites (tertiary alicyclic amines) is 1. The lowest BCUT2D eigenvalue weighted by molar-refractivity contribution is 0.0723. The van der Waals surface area contributed by atoms with Gasteiger partial charge in [0.25, 0.3) is 11.5 Å². The minimum Gasteiger partial charge on any atom is -0.339 e. The van der Waals surface area contributed by atoms with Crippen molar-refractivity contribution in [2.45, 2.75) is 45.4 Å². The van der Waals surface area contributed by atoms with Gasteiger partial charge in [-0.3, -0.25) is 14.6 Å². The fourth-order valence-electron chi connectivity index (χ4n) is 3.63. The molecular formula is C17H21N5O2. The van der Waals surface area contributed by atoms with Crippen molar-refractivity contribution in [1.29, 1.82) is 0 Å². The molecule has 0 unspecified atom stereocenters. The van der Waals surface area contributed by atoms with Crippen LogP contribution in [0.25, 0.3) is 5.95 Å². The van der Waals surface area contributed by atoms with Crippen molar-refractivity contribution in [2.24, 2.45) is 0 Å². The van der Waals surface area contributed by atoms with Gasteiger partial charge in [-0.25, -0.2) is 9.67 Å². The van der Waals surface area contributed by atoms with E-state index in [-0.39, 0.29) is 11.5 Å². The highest BCUT2D eigenvalue weighted by Gasteiger charge is 2.24. The topological polar surface area (TPSA) is 83.9 Å². The first-order chi connectivity index (χ1) is 11.6. The van der Waals surface area contributed by atoms with E-state index in [9.17, 15) is 9.59 Å². The summed E-state index contributed by atoms with van der Waals surface area (Å²) >= 11 is 0. The molecule has 0 radical (unpaired) electrons. The molecule has 2 aromatic heterocycles. The number of aromatic nitrogens is 4. The monoisotopic (exact) mass is 327 g/mol. The van der Waals surface area contributed by atoms with Crippen LogP contribution in [-0.2, 0) is 12.8 Å². The third-order valence-corrected chi connectivity index (χ3v) is 5.01. The van der Waals surface area contributed by atoms with Gasteiger partial charge in [0.15, 0.2) is 0 Å². The second kappa shape index (κ2) is 5.89. The van der Waals surface area contributed by atoms with Crippen LogP contribution >= 0.6 is 0 Å². The zero-order valence-corrected chi connectivity index (χ0v) is 13.8. The van der Waals surface area contributed by atoms with E-state index >= 15 is 0 Å². The number of hydrogen-bond donors (Lipinski definition) is 1. The maximum atomic E-state index is 12.7. The maximum Gasteiger partial charge on any atom is 0.257 e. The first-order valence-electron chi connectivity index (χ1n) is 8.61. The molecule has 4 rings (SSSR count). The van der Waals surface area contributed by atoms with Gasteiger partial charge in [0.2, 0.25) is 5.95 Å². The molecule has 0 atom stereocenters. The van der Waals surface area contributed by atoms with E-state index in [4.69, 9.17) is 0 Å². The molecule has 0 spiro atoms. The van der Waals surface area contributed by atoms with Crippen LogP contribution in [0.2, 0.25) is 0 Å². The van der Waals surface area contributed by atoms with E-state index in [0.29, 0.717) is 17.2 Å². The Morgan fingerprint density at radius 3 is 2.75 bits per heavy atom. The molecule has 1 aliphatic heterocycles. The third kappa shape index (κ3) is 2.44. The molecular weight excluding hydrogens is 306 g/mol. The zero-order valence-electron chi connectivity index (χ0n) is 13.8. The first-order valence-corrected chi connectivity index (χ1v) is 8.61. The predicted molar refractivity (Wildman–Crippen MR) is 88.5 cm³/mol. The second-order valence-corrected chi connectivity index (χ2v) is 6.58. The molecule has 7 heteroatoms. The van der Waals surface area contributed by atoms with Gasteiger partial charge in [-0.1, -0.05) is 0 Å². The van der Waals surface area contributed by atoms with Crippen LogP contribution in [0.5, 0.6) is 0 Å². The summed E-state index contributed by atoms with van der Waals surface area (Å²) in [4.78, 5) is 34.1. The summed E-state index contributed by atoms with van der Waals surface area (Å²) in [5, 5.41) is 4.31. The van der Waals surface area contributed by atoms with Gasteiger partial charge in [-0.05, 0) is 45.4 Å². The molecule has 126 valence electrons. The number of nitrogens with one attached hydrogen (secondary N) is 1. The van der Waals surface area contributed by atoms with Crippen LogP contribution in [0, 0.1) is 6.92 Å². The van der Waals surface area contributed by atoms with E-state index in [1.165, 1.54) is 6.42 Å². The van der Waals surface area contributed by atoms with Crippen LogP contribution in [0.15, 0.2) is 11.0 Å². The fourth-order valence-corrected chi connectivity index (χ4v) is 3.63. The summed E-state index contributed by atoms with van der Waals surface area (Å²) in [6.45, 7) is 3.45. The highest BCUT2D eigenvalue weighted by molar-refractivity contribution is 5.95. The summed E-state index contributed by atoms with van der Waals surface area (Å²) < 4.78 is 1.57.